The van der Waals surface area contributed by atoms with Gasteiger partial charge in [0.2, 0.25) is 6.79 Å². The molecule has 0 aliphatic carbocycles. The van der Waals surface area contributed by atoms with E-state index in [9.17, 15) is 9.59 Å². The molecule has 9 nitrogen and oxygen atoms in total. The molecule has 0 spiro atoms. The molecule has 10 heteroatoms. The molecule has 2 heterocycles. The van der Waals surface area contributed by atoms with Crippen LogP contribution >= 0.6 is 11.3 Å². The highest BCUT2D eigenvalue weighted by molar-refractivity contribution is 7.16. The van der Waals surface area contributed by atoms with Gasteiger partial charge in [0, 0.05) is 18.2 Å². The van der Waals surface area contributed by atoms with Gasteiger partial charge in [-0.2, -0.15) is 4.99 Å². The lowest BCUT2D eigenvalue weighted by Crippen LogP contribution is -2.24. The van der Waals surface area contributed by atoms with Crippen LogP contribution in [0.15, 0.2) is 41.4 Å². The van der Waals surface area contributed by atoms with Crippen molar-refractivity contribution < 1.29 is 33.3 Å². The van der Waals surface area contributed by atoms with Crippen LogP contribution in [0.3, 0.4) is 0 Å². The van der Waals surface area contributed by atoms with E-state index in [1.807, 2.05) is 0 Å². The summed E-state index contributed by atoms with van der Waals surface area (Å²) in [4.78, 5) is 29.1. The molecule has 1 aliphatic rings. The highest BCUT2D eigenvalue weighted by atomic mass is 32.1. The van der Waals surface area contributed by atoms with Crippen molar-refractivity contribution in [3.05, 3.63) is 41.2 Å². The second-order valence-corrected chi connectivity index (χ2v) is 7.43. The zero-order valence-corrected chi connectivity index (χ0v) is 17.8. The number of methoxy groups -OCH3 is 1. The molecule has 162 valence electrons. The Hall–Kier alpha value is -3.53. The molecule has 0 N–H and O–H groups in total. The zero-order valence-electron chi connectivity index (χ0n) is 17.0. The van der Waals surface area contributed by atoms with Gasteiger partial charge in [-0.15, -0.1) is 0 Å². The van der Waals surface area contributed by atoms with Gasteiger partial charge in [-0.25, -0.2) is 0 Å². The van der Waals surface area contributed by atoms with E-state index in [1.165, 1.54) is 11.3 Å². The Morgan fingerprint density at radius 2 is 1.94 bits per heavy atom. The first-order chi connectivity index (χ1) is 15.1. The molecule has 0 saturated heterocycles. The molecule has 1 aromatic heterocycles. The van der Waals surface area contributed by atoms with Crippen molar-refractivity contribution in [3.8, 4) is 23.0 Å². The standard InChI is InChI=1S/C21H20N2O7S/c1-3-27-20(25)10-23-15-8-16-17(30-12-29-16)9-18(15)31-21(23)22-19(24)11-28-14-6-4-5-13(7-14)26-2/h4-9H,3,10-12H2,1-2H3. The summed E-state index contributed by atoms with van der Waals surface area (Å²) in [5.74, 6) is 1.37. The molecule has 31 heavy (non-hydrogen) atoms. The highest BCUT2D eigenvalue weighted by Gasteiger charge is 2.19. The first kappa shape index (κ1) is 20.7. The Kier molecular flexibility index (Phi) is 6.08. The number of aromatic nitrogens is 1. The average molecular weight is 444 g/mol. The maximum absolute atomic E-state index is 12.5. The van der Waals surface area contributed by atoms with E-state index >= 15 is 0 Å². The molecule has 1 amide bonds. The van der Waals surface area contributed by atoms with E-state index < -0.39 is 11.9 Å². The number of rotatable bonds is 7. The zero-order chi connectivity index (χ0) is 21.8. The Bertz CT molecular complexity index is 1200. The van der Waals surface area contributed by atoms with Gasteiger partial charge < -0.3 is 28.3 Å². The number of amides is 1. The lowest BCUT2D eigenvalue weighted by Gasteiger charge is -2.06. The van der Waals surface area contributed by atoms with Crippen molar-refractivity contribution in [1.29, 1.82) is 0 Å². The SMILES string of the molecule is CCOC(=O)Cn1c(=NC(=O)COc2cccc(OC)c2)sc2cc3c(cc21)OCO3. The van der Waals surface area contributed by atoms with Crippen LogP contribution in [0, 0.1) is 0 Å². The average Bonchev–Trinajstić information content (AvgIpc) is 3.35. The number of fused-ring (bicyclic) bond motifs is 2. The van der Waals surface area contributed by atoms with E-state index in [0.29, 0.717) is 33.3 Å². The molecule has 0 bridgehead atoms. The van der Waals surface area contributed by atoms with Crippen LogP contribution < -0.4 is 23.7 Å². The van der Waals surface area contributed by atoms with Gasteiger partial charge in [0.05, 0.1) is 23.9 Å². The van der Waals surface area contributed by atoms with Crippen LogP contribution in [0.5, 0.6) is 23.0 Å². The number of hydrogen-bond acceptors (Lipinski definition) is 8. The van der Waals surface area contributed by atoms with Crippen LogP contribution in [0.4, 0.5) is 0 Å². The van der Waals surface area contributed by atoms with Crippen molar-refractivity contribution in [3.63, 3.8) is 0 Å². The monoisotopic (exact) mass is 444 g/mol. The normalized spacial score (nSPS) is 12.8. The number of benzene rings is 2. The number of hydrogen-bond donors (Lipinski definition) is 0. The molecular weight excluding hydrogens is 424 g/mol. The first-order valence-corrected chi connectivity index (χ1v) is 10.3. The van der Waals surface area contributed by atoms with Crippen LogP contribution in [0.25, 0.3) is 10.2 Å². The summed E-state index contributed by atoms with van der Waals surface area (Å²) in [6.07, 6.45) is 0. The Morgan fingerprint density at radius 1 is 1.16 bits per heavy atom. The number of nitrogens with zero attached hydrogens (tertiary/aromatic N) is 2. The number of ether oxygens (including phenoxy) is 5. The number of esters is 1. The molecule has 0 radical (unpaired) electrons. The van der Waals surface area contributed by atoms with Crippen LogP contribution in [0.1, 0.15) is 6.92 Å². The van der Waals surface area contributed by atoms with Gasteiger partial charge in [0.1, 0.15) is 18.0 Å². The van der Waals surface area contributed by atoms with E-state index in [2.05, 4.69) is 4.99 Å². The van der Waals surface area contributed by atoms with E-state index in [4.69, 9.17) is 23.7 Å². The molecule has 0 fully saturated rings. The fourth-order valence-electron chi connectivity index (χ4n) is 3.01. The van der Waals surface area contributed by atoms with Gasteiger partial charge in [0.25, 0.3) is 5.91 Å². The summed E-state index contributed by atoms with van der Waals surface area (Å²) in [7, 11) is 1.55. The Morgan fingerprint density at radius 3 is 2.71 bits per heavy atom. The lowest BCUT2D eigenvalue weighted by atomic mass is 10.3. The smallest absolute Gasteiger partial charge is 0.326 e. The van der Waals surface area contributed by atoms with E-state index in [0.717, 1.165) is 4.70 Å². The van der Waals surface area contributed by atoms with Crippen LogP contribution in [0.2, 0.25) is 0 Å². The van der Waals surface area contributed by atoms with E-state index in [1.54, 1.807) is 55.0 Å². The molecule has 4 rings (SSSR count). The van der Waals surface area contributed by atoms with Gasteiger partial charge in [-0.1, -0.05) is 17.4 Å². The summed E-state index contributed by atoms with van der Waals surface area (Å²) in [5.41, 5.74) is 0.697. The minimum atomic E-state index is -0.493. The molecule has 0 saturated carbocycles. The largest absolute Gasteiger partial charge is 0.497 e. The lowest BCUT2D eigenvalue weighted by molar-refractivity contribution is -0.143. The minimum absolute atomic E-state index is 0.0870. The molecular formula is C21H20N2O7S. The predicted molar refractivity (Wildman–Crippen MR) is 112 cm³/mol. The summed E-state index contributed by atoms with van der Waals surface area (Å²) in [5, 5.41) is 0. The van der Waals surface area contributed by atoms with Crippen LogP contribution in [-0.4, -0.2) is 43.6 Å². The summed E-state index contributed by atoms with van der Waals surface area (Å²) >= 11 is 1.26. The number of carbonyl (C=O) groups is 2. The third kappa shape index (κ3) is 4.64. The molecule has 1 aliphatic heterocycles. The van der Waals surface area contributed by atoms with Crippen molar-refractivity contribution >= 4 is 33.4 Å². The summed E-state index contributed by atoms with van der Waals surface area (Å²) < 4.78 is 29.0. The first-order valence-electron chi connectivity index (χ1n) is 9.50. The van der Waals surface area contributed by atoms with E-state index in [-0.39, 0.29) is 26.6 Å². The summed E-state index contributed by atoms with van der Waals surface area (Å²) in [6.45, 7) is 1.78. The van der Waals surface area contributed by atoms with Crippen LogP contribution in [-0.2, 0) is 20.9 Å². The fourth-order valence-corrected chi connectivity index (χ4v) is 4.07. The van der Waals surface area contributed by atoms with Crippen molar-refractivity contribution in [1.82, 2.24) is 4.57 Å². The van der Waals surface area contributed by atoms with Gasteiger partial charge in [0.15, 0.2) is 22.9 Å². The molecule has 2 aromatic carbocycles. The van der Waals surface area contributed by atoms with Gasteiger partial charge in [-0.05, 0) is 19.1 Å². The summed E-state index contributed by atoms with van der Waals surface area (Å²) in [6, 6.07) is 10.5. The highest BCUT2D eigenvalue weighted by Crippen LogP contribution is 2.37. The minimum Gasteiger partial charge on any atom is -0.497 e. The maximum atomic E-state index is 12.5. The van der Waals surface area contributed by atoms with Gasteiger partial charge >= 0.3 is 5.97 Å². The number of carbonyl (C=O) groups excluding carboxylic acids is 2. The fraction of sp³-hybridized carbons (Fsp3) is 0.286. The molecule has 3 aromatic rings. The quantitative estimate of drug-likeness (QED) is 0.517. The number of thiazole rings is 1. The topological polar surface area (TPSA) is 97.6 Å². The Labute approximate surface area is 181 Å². The molecule has 0 atom stereocenters. The second-order valence-electron chi connectivity index (χ2n) is 6.42. The third-order valence-electron chi connectivity index (χ3n) is 4.39. The predicted octanol–water partition coefficient (Wildman–Crippen LogP) is 2.51. The molecule has 0 unspecified atom stereocenters. The van der Waals surface area contributed by atoms with Crippen molar-refractivity contribution in [2.75, 3.05) is 27.1 Å². The van der Waals surface area contributed by atoms with Gasteiger partial charge in [-0.3, -0.25) is 9.59 Å². The van der Waals surface area contributed by atoms with Crippen molar-refractivity contribution in [2.45, 2.75) is 13.5 Å². The second kappa shape index (κ2) is 9.09. The maximum Gasteiger partial charge on any atom is 0.326 e. The van der Waals surface area contributed by atoms with Crippen molar-refractivity contribution in [2.24, 2.45) is 4.99 Å². The third-order valence-corrected chi connectivity index (χ3v) is 5.43. The Balaban J connectivity index is 1.63.